The van der Waals surface area contributed by atoms with Crippen molar-refractivity contribution in [2.24, 2.45) is 0 Å². The second kappa shape index (κ2) is 8.19. The second-order valence-corrected chi connectivity index (χ2v) is 4.68. The van der Waals surface area contributed by atoms with Gasteiger partial charge in [0.15, 0.2) is 11.5 Å². The van der Waals surface area contributed by atoms with Crippen LogP contribution in [0, 0.1) is 0 Å². The maximum Gasteiger partial charge on any atom is 0.408 e. The molecule has 0 atom stereocenters. The summed E-state index contributed by atoms with van der Waals surface area (Å²) in [5.41, 5.74) is 0. The van der Waals surface area contributed by atoms with E-state index < -0.39 is 6.09 Å². The number of rotatable bonds is 7. The Balaban J connectivity index is 1.98. The fourth-order valence-electron chi connectivity index (χ4n) is 1.76. The monoisotopic (exact) mass is 319 g/mol. The lowest BCUT2D eigenvalue weighted by Crippen LogP contribution is -2.32. The Bertz CT molecular complexity index is 606. The van der Waals surface area contributed by atoms with Crippen LogP contribution in [0.3, 0.4) is 0 Å². The van der Waals surface area contributed by atoms with E-state index in [9.17, 15) is 4.79 Å². The quantitative estimate of drug-likeness (QED) is 0.603. The SMILES string of the molecule is O=C(O)N(CS)CCOc1ccccc1Oc1ccccc1. The molecule has 0 aliphatic rings. The summed E-state index contributed by atoms with van der Waals surface area (Å²) >= 11 is 3.97. The highest BCUT2D eigenvalue weighted by atomic mass is 32.1. The van der Waals surface area contributed by atoms with Crippen molar-refractivity contribution in [1.82, 2.24) is 4.90 Å². The van der Waals surface area contributed by atoms with Crippen molar-refractivity contribution < 1.29 is 19.4 Å². The Hall–Kier alpha value is -2.34. The van der Waals surface area contributed by atoms with Crippen molar-refractivity contribution in [3.05, 3.63) is 54.6 Å². The molecule has 0 aliphatic heterocycles. The zero-order valence-electron chi connectivity index (χ0n) is 11.9. The highest BCUT2D eigenvalue weighted by Gasteiger charge is 2.10. The Labute approximate surface area is 134 Å². The van der Waals surface area contributed by atoms with Crippen LogP contribution in [0.4, 0.5) is 4.79 Å². The number of ether oxygens (including phenoxy) is 2. The minimum atomic E-state index is -1.02. The van der Waals surface area contributed by atoms with Gasteiger partial charge in [-0.2, -0.15) is 12.6 Å². The van der Waals surface area contributed by atoms with Gasteiger partial charge in [0.05, 0.1) is 12.4 Å². The zero-order valence-corrected chi connectivity index (χ0v) is 12.8. The Kier molecular flexibility index (Phi) is 5.97. The van der Waals surface area contributed by atoms with Crippen LogP contribution in [0.5, 0.6) is 17.2 Å². The standard InChI is InChI=1S/C16H17NO4S/c18-16(19)17(12-22)10-11-20-14-8-4-5-9-15(14)21-13-6-2-1-3-7-13/h1-9,22H,10-12H2,(H,18,19). The zero-order chi connectivity index (χ0) is 15.8. The van der Waals surface area contributed by atoms with Gasteiger partial charge < -0.3 is 14.6 Å². The van der Waals surface area contributed by atoms with Gasteiger partial charge in [-0.25, -0.2) is 4.79 Å². The third kappa shape index (κ3) is 4.60. The Morgan fingerprint density at radius 3 is 2.32 bits per heavy atom. The normalized spacial score (nSPS) is 10.0. The van der Waals surface area contributed by atoms with Crippen LogP contribution in [0.2, 0.25) is 0 Å². The number of amides is 1. The number of carbonyl (C=O) groups is 1. The molecule has 0 aromatic heterocycles. The highest BCUT2D eigenvalue weighted by Crippen LogP contribution is 2.30. The predicted octanol–water partition coefficient (Wildman–Crippen LogP) is 3.73. The van der Waals surface area contributed by atoms with E-state index in [1.807, 2.05) is 42.5 Å². The van der Waals surface area contributed by atoms with Gasteiger partial charge >= 0.3 is 6.09 Å². The summed E-state index contributed by atoms with van der Waals surface area (Å²) in [5, 5.41) is 8.92. The first kappa shape index (κ1) is 16.0. The van der Waals surface area contributed by atoms with E-state index in [0.29, 0.717) is 17.2 Å². The lowest BCUT2D eigenvalue weighted by molar-refractivity contribution is 0.144. The van der Waals surface area contributed by atoms with Gasteiger partial charge in [-0.3, -0.25) is 4.90 Å². The number of hydrogen-bond donors (Lipinski definition) is 2. The van der Waals surface area contributed by atoms with Crippen molar-refractivity contribution in [2.75, 3.05) is 19.0 Å². The summed E-state index contributed by atoms with van der Waals surface area (Å²) in [6, 6.07) is 16.6. The average molecular weight is 319 g/mol. The topological polar surface area (TPSA) is 59.0 Å². The Morgan fingerprint density at radius 2 is 1.68 bits per heavy atom. The third-order valence-electron chi connectivity index (χ3n) is 2.88. The van der Waals surface area contributed by atoms with Crippen LogP contribution in [-0.2, 0) is 0 Å². The molecule has 1 amide bonds. The Morgan fingerprint density at radius 1 is 1.05 bits per heavy atom. The summed E-state index contributed by atoms with van der Waals surface area (Å²) < 4.78 is 11.4. The van der Waals surface area contributed by atoms with E-state index in [-0.39, 0.29) is 19.0 Å². The minimum Gasteiger partial charge on any atom is -0.488 e. The van der Waals surface area contributed by atoms with Crippen molar-refractivity contribution in [3.63, 3.8) is 0 Å². The van der Waals surface area contributed by atoms with Gasteiger partial charge in [0, 0.05) is 0 Å². The molecule has 0 aliphatic carbocycles. The largest absolute Gasteiger partial charge is 0.488 e. The number of nitrogens with zero attached hydrogens (tertiary/aromatic N) is 1. The van der Waals surface area contributed by atoms with Crippen molar-refractivity contribution in [2.45, 2.75) is 0 Å². The molecule has 22 heavy (non-hydrogen) atoms. The molecule has 0 heterocycles. The number of para-hydroxylation sites is 3. The van der Waals surface area contributed by atoms with Crippen LogP contribution in [0.1, 0.15) is 0 Å². The molecule has 6 heteroatoms. The molecule has 5 nitrogen and oxygen atoms in total. The molecule has 1 N–H and O–H groups in total. The third-order valence-corrected chi connectivity index (χ3v) is 3.22. The lowest BCUT2D eigenvalue weighted by atomic mass is 10.3. The number of hydrogen-bond acceptors (Lipinski definition) is 4. The fourth-order valence-corrected chi connectivity index (χ4v) is 2.02. The smallest absolute Gasteiger partial charge is 0.408 e. The predicted molar refractivity (Wildman–Crippen MR) is 87.0 cm³/mol. The van der Waals surface area contributed by atoms with Crippen LogP contribution in [-0.4, -0.2) is 35.1 Å². The first-order chi connectivity index (χ1) is 10.7. The highest BCUT2D eigenvalue weighted by molar-refractivity contribution is 7.80. The molecule has 116 valence electrons. The molecular formula is C16H17NO4S. The van der Waals surface area contributed by atoms with E-state index >= 15 is 0 Å². The lowest BCUT2D eigenvalue weighted by Gasteiger charge is -2.17. The molecule has 0 spiro atoms. The molecule has 0 fully saturated rings. The van der Waals surface area contributed by atoms with E-state index in [1.54, 1.807) is 12.1 Å². The van der Waals surface area contributed by atoms with Gasteiger partial charge in [0.2, 0.25) is 0 Å². The van der Waals surface area contributed by atoms with E-state index in [1.165, 1.54) is 0 Å². The van der Waals surface area contributed by atoms with Gasteiger partial charge in [-0.1, -0.05) is 30.3 Å². The van der Waals surface area contributed by atoms with Crippen molar-refractivity contribution >= 4 is 18.7 Å². The molecule has 0 bridgehead atoms. The van der Waals surface area contributed by atoms with Crippen LogP contribution in [0.25, 0.3) is 0 Å². The van der Waals surface area contributed by atoms with E-state index in [4.69, 9.17) is 14.6 Å². The van der Waals surface area contributed by atoms with Gasteiger partial charge in [0.25, 0.3) is 0 Å². The average Bonchev–Trinajstić information content (AvgIpc) is 2.53. The summed E-state index contributed by atoms with van der Waals surface area (Å²) in [6.07, 6.45) is -1.02. The maximum atomic E-state index is 10.9. The molecule has 2 rings (SSSR count). The van der Waals surface area contributed by atoms with E-state index in [2.05, 4.69) is 12.6 Å². The summed E-state index contributed by atoms with van der Waals surface area (Å²) in [4.78, 5) is 12.0. The molecule has 2 aromatic carbocycles. The summed E-state index contributed by atoms with van der Waals surface area (Å²) in [6.45, 7) is 0.459. The minimum absolute atomic E-state index is 0.126. The first-order valence-electron chi connectivity index (χ1n) is 6.74. The molecular weight excluding hydrogens is 302 g/mol. The van der Waals surface area contributed by atoms with Crippen molar-refractivity contribution in [3.8, 4) is 17.2 Å². The van der Waals surface area contributed by atoms with Gasteiger partial charge in [0.1, 0.15) is 12.4 Å². The van der Waals surface area contributed by atoms with Crippen LogP contribution in [0.15, 0.2) is 54.6 Å². The number of thiol groups is 1. The fraction of sp³-hybridized carbons (Fsp3) is 0.188. The maximum absolute atomic E-state index is 10.9. The molecule has 0 unspecified atom stereocenters. The summed E-state index contributed by atoms with van der Waals surface area (Å²) in [5.74, 6) is 1.99. The number of benzene rings is 2. The number of carboxylic acid groups (broad SMARTS) is 1. The van der Waals surface area contributed by atoms with Crippen LogP contribution >= 0.6 is 12.6 Å². The van der Waals surface area contributed by atoms with E-state index in [0.717, 1.165) is 4.90 Å². The van der Waals surface area contributed by atoms with Crippen LogP contribution < -0.4 is 9.47 Å². The van der Waals surface area contributed by atoms with Gasteiger partial charge in [-0.05, 0) is 24.3 Å². The first-order valence-corrected chi connectivity index (χ1v) is 7.37. The second-order valence-electron chi connectivity index (χ2n) is 4.40. The molecule has 0 radical (unpaired) electrons. The molecule has 0 saturated carbocycles. The van der Waals surface area contributed by atoms with Gasteiger partial charge in [-0.15, -0.1) is 0 Å². The summed E-state index contributed by atoms with van der Waals surface area (Å²) in [7, 11) is 0. The molecule has 2 aromatic rings. The molecule has 0 saturated heterocycles. The van der Waals surface area contributed by atoms with Crippen molar-refractivity contribution in [1.29, 1.82) is 0 Å².